The lowest BCUT2D eigenvalue weighted by atomic mass is 10.1. The lowest BCUT2D eigenvalue weighted by Crippen LogP contribution is -2.17. The Morgan fingerprint density at radius 2 is 1.74 bits per heavy atom. The van der Waals surface area contributed by atoms with Crippen molar-refractivity contribution >= 4 is 15.9 Å². The lowest BCUT2D eigenvalue weighted by Gasteiger charge is -2.14. The molecule has 96 valence electrons. The number of nitriles is 1. The number of halogens is 1. The van der Waals surface area contributed by atoms with Crippen LogP contribution in [0.3, 0.4) is 0 Å². The molecule has 2 aromatic carbocycles. The molecule has 0 radical (unpaired) electrons. The zero-order valence-electron chi connectivity index (χ0n) is 10.7. The number of nitrogens with one attached hydrogen (secondary N) is 1. The molecule has 0 heterocycles. The second-order valence-electron chi connectivity index (χ2n) is 4.46. The topological polar surface area (TPSA) is 35.8 Å². The van der Waals surface area contributed by atoms with Crippen LogP contribution in [0.15, 0.2) is 53.0 Å². The average Bonchev–Trinajstić information content (AvgIpc) is 2.46. The van der Waals surface area contributed by atoms with Gasteiger partial charge in [-0.25, -0.2) is 0 Å². The number of hydrogen-bond donors (Lipinski definition) is 1. The fourth-order valence-corrected chi connectivity index (χ4v) is 2.10. The fraction of sp³-hybridized carbons (Fsp3) is 0.188. The molecular weight excluding hydrogens is 300 g/mol. The van der Waals surface area contributed by atoms with Gasteiger partial charge in [0.2, 0.25) is 0 Å². The molecule has 1 N–H and O–H groups in total. The first-order valence-corrected chi connectivity index (χ1v) is 6.96. The van der Waals surface area contributed by atoms with Gasteiger partial charge in [0.05, 0.1) is 11.6 Å². The van der Waals surface area contributed by atoms with Crippen molar-refractivity contribution in [3.8, 4) is 6.07 Å². The molecule has 2 aromatic rings. The highest BCUT2D eigenvalue weighted by Crippen LogP contribution is 2.15. The Bertz CT molecular complexity index is 567. The monoisotopic (exact) mass is 314 g/mol. The van der Waals surface area contributed by atoms with E-state index in [0.717, 1.165) is 11.0 Å². The van der Waals surface area contributed by atoms with Crippen molar-refractivity contribution in [1.29, 1.82) is 5.26 Å². The van der Waals surface area contributed by atoms with Crippen LogP contribution in [0.1, 0.15) is 29.7 Å². The summed E-state index contributed by atoms with van der Waals surface area (Å²) in [4.78, 5) is 0. The van der Waals surface area contributed by atoms with E-state index in [4.69, 9.17) is 5.26 Å². The van der Waals surface area contributed by atoms with Crippen molar-refractivity contribution in [2.75, 3.05) is 0 Å². The van der Waals surface area contributed by atoms with Gasteiger partial charge in [0.1, 0.15) is 0 Å². The molecule has 0 fully saturated rings. The van der Waals surface area contributed by atoms with Gasteiger partial charge >= 0.3 is 0 Å². The number of benzene rings is 2. The van der Waals surface area contributed by atoms with Crippen LogP contribution in [0.25, 0.3) is 0 Å². The maximum atomic E-state index is 8.77. The van der Waals surface area contributed by atoms with E-state index in [9.17, 15) is 0 Å². The highest BCUT2D eigenvalue weighted by molar-refractivity contribution is 9.10. The maximum Gasteiger partial charge on any atom is 0.0991 e. The lowest BCUT2D eigenvalue weighted by molar-refractivity contribution is 0.574. The number of hydrogen-bond acceptors (Lipinski definition) is 2. The largest absolute Gasteiger partial charge is 0.306 e. The van der Waals surface area contributed by atoms with E-state index < -0.39 is 0 Å². The summed E-state index contributed by atoms with van der Waals surface area (Å²) in [6.45, 7) is 2.95. The van der Waals surface area contributed by atoms with E-state index in [-0.39, 0.29) is 6.04 Å². The van der Waals surface area contributed by atoms with Crippen molar-refractivity contribution in [2.45, 2.75) is 19.5 Å². The van der Waals surface area contributed by atoms with Gasteiger partial charge in [-0.3, -0.25) is 0 Å². The summed E-state index contributed by atoms with van der Waals surface area (Å²) >= 11 is 3.43. The molecule has 3 heteroatoms. The van der Waals surface area contributed by atoms with Gasteiger partial charge in [-0.1, -0.05) is 40.2 Å². The van der Waals surface area contributed by atoms with Crippen LogP contribution >= 0.6 is 15.9 Å². The SMILES string of the molecule is CC(NCc1ccc(Br)cc1)c1ccc(C#N)cc1. The van der Waals surface area contributed by atoms with E-state index in [1.165, 1.54) is 11.1 Å². The molecule has 0 bridgehead atoms. The first kappa shape index (κ1) is 13.8. The molecule has 0 spiro atoms. The van der Waals surface area contributed by atoms with Crippen molar-refractivity contribution in [2.24, 2.45) is 0 Å². The predicted molar refractivity (Wildman–Crippen MR) is 80.6 cm³/mol. The van der Waals surface area contributed by atoms with Crippen LogP contribution in [-0.2, 0) is 6.54 Å². The Morgan fingerprint density at radius 3 is 2.32 bits per heavy atom. The average molecular weight is 315 g/mol. The van der Waals surface area contributed by atoms with Crippen molar-refractivity contribution < 1.29 is 0 Å². The van der Waals surface area contributed by atoms with Gasteiger partial charge in [-0.15, -0.1) is 0 Å². The molecule has 19 heavy (non-hydrogen) atoms. The third-order valence-electron chi connectivity index (χ3n) is 3.07. The molecule has 0 aliphatic heterocycles. The Morgan fingerprint density at radius 1 is 1.11 bits per heavy atom. The van der Waals surface area contributed by atoms with Gasteiger partial charge in [0.15, 0.2) is 0 Å². The van der Waals surface area contributed by atoms with Crippen LogP contribution in [0.4, 0.5) is 0 Å². The Labute approximate surface area is 122 Å². The Balaban J connectivity index is 1.95. The van der Waals surface area contributed by atoms with E-state index in [0.29, 0.717) is 5.56 Å². The summed E-state index contributed by atoms with van der Waals surface area (Å²) in [7, 11) is 0. The molecule has 0 aromatic heterocycles. The minimum absolute atomic E-state index is 0.261. The van der Waals surface area contributed by atoms with E-state index in [1.807, 2.05) is 36.4 Å². The summed E-state index contributed by atoms with van der Waals surface area (Å²) in [5.74, 6) is 0. The van der Waals surface area contributed by atoms with E-state index in [2.05, 4.69) is 46.4 Å². The number of nitrogens with zero attached hydrogens (tertiary/aromatic N) is 1. The molecule has 1 unspecified atom stereocenters. The van der Waals surface area contributed by atoms with Gasteiger partial charge in [-0.05, 0) is 42.3 Å². The van der Waals surface area contributed by atoms with Crippen LogP contribution < -0.4 is 5.32 Å². The summed E-state index contributed by atoms with van der Waals surface area (Å²) in [6.07, 6.45) is 0. The van der Waals surface area contributed by atoms with Crippen molar-refractivity contribution in [1.82, 2.24) is 5.32 Å². The zero-order valence-corrected chi connectivity index (χ0v) is 12.3. The Hall–Kier alpha value is -1.63. The van der Waals surface area contributed by atoms with Crippen LogP contribution in [0, 0.1) is 11.3 Å². The first-order valence-electron chi connectivity index (χ1n) is 6.17. The molecular formula is C16H15BrN2. The van der Waals surface area contributed by atoms with Gasteiger partial charge < -0.3 is 5.32 Å². The van der Waals surface area contributed by atoms with Crippen molar-refractivity contribution in [3.63, 3.8) is 0 Å². The molecule has 1 atom stereocenters. The van der Waals surface area contributed by atoms with Crippen molar-refractivity contribution in [3.05, 3.63) is 69.7 Å². The minimum Gasteiger partial charge on any atom is -0.306 e. The van der Waals surface area contributed by atoms with Crippen LogP contribution in [0.2, 0.25) is 0 Å². The fourth-order valence-electron chi connectivity index (χ4n) is 1.84. The highest BCUT2D eigenvalue weighted by atomic mass is 79.9. The molecule has 2 rings (SSSR count). The summed E-state index contributed by atoms with van der Waals surface area (Å²) < 4.78 is 1.09. The predicted octanol–water partition coefficient (Wildman–Crippen LogP) is 4.17. The third kappa shape index (κ3) is 3.92. The molecule has 0 aliphatic carbocycles. The number of rotatable bonds is 4. The molecule has 2 nitrogen and oxygen atoms in total. The molecule has 0 aliphatic rings. The van der Waals surface area contributed by atoms with E-state index >= 15 is 0 Å². The highest BCUT2D eigenvalue weighted by Gasteiger charge is 2.04. The van der Waals surface area contributed by atoms with Gasteiger partial charge in [-0.2, -0.15) is 5.26 Å². The maximum absolute atomic E-state index is 8.77. The van der Waals surface area contributed by atoms with Crippen LogP contribution in [0.5, 0.6) is 0 Å². The van der Waals surface area contributed by atoms with Crippen LogP contribution in [-0.4, -0.2) is 0 Å². The minimum atomic E-state index is 0.261. The second kappa shape index (κ2) is 6.51. The summed E-state index contributed by atoms with van der Waals surface area (Å²) in [6, 6.07) is 18.4. The molecule has 0 amide bonds. The smallest absolute Gasteiger partial charge is 0.0991 e. The quantitative estimate of drug-likeness (QED) is 0.919. The van der Waals surface area contributed by atoms with E-state index in [1.54, 1.807) is 0 Å². The van der Waals surface area contributed by atoms with Gasteiger partial charge in [0.25, 0.3) is 0 Å². The van der Waals surface area contributed by atoms with Gasteiger partial charge in [0, 0.05) is 17.1 Å². The summed E-state index contributed by atoms with van der Waals surface area (Å²) in [5, 5.41) is 12.2. The molecule has 0 saturated heterocycles. The second-order valence-corrected chi connectivity index (χ2v) is 5.38. The zero-order chi connectivity index (χ0) is 13.7. The summed E-state index contributed by atoms with van der Waals surface area (Å²) in [5.41, 5.74) is 3.14. The normalized spacial score (nSPS) is 11.8. The Kier molecular flexibility index (Phi) is 4.73. The molecule has 0 saturated carbocycles. The third-order valence-corrected chi connectivity index (χ3v) is 3.59. The standard InChI is InChI=1S/C16H15BrN2/c1-12(15-6-2-13(10-18)3-7-15)19-11-14-4-8-16(17)9-5-14/h2-9,12,19H,11H2,1H3. The first-order chi connectivity index (χ1) is 9.19.